The van der Waals surface area contributed by atoms with Crippen LogP contribution in [0, 0.1) is 19.8 Å². The molecular weight excluding hydrogens is 462 g/mol. The Labute approximate surface area is 201 Å². The highest BCUT2D eigenvalue weighted by Crippen LogP contribution is 2.26. The van der Waals surface area contributed by atoms with Gasteiger partial charge in [-0.25, -0.2) is 13.1 Å². The van der Waals surface area contributed by atoms with E-state index in [0.717, 1.165) is 24.3 Å². The number of carbonyl (C=O) groups is 1. The van der Waals surface area contributed by atoms with Crippen LogP contribution in [0.1, 0.15) is 25.0 Å². The largest absolute Gasteiger partial charge is 0.483 e. The summed E-state index contributed by atoms with van der Waals surface area (Å²) in [5.74, 6) is 0.623. The second-order valence-corrected chi connectivity index (χ2v) is 11.0. The van der Waals surface area contributed by atoms with Crippen LogP contribution < -0.4 is 14.4 Å². The summed E-state index contributed by atoms with van der Waals surface area (Å²) >= 11 is 6.15. The molecule has 1 fully saturated rings. The minimum atomic E-state index is -3.57. The quantitative estimate of drug-likeness (QED) is 0.607. The minimum absolute atomic E-state index is 0.0886. The molecule has 1 aliphatic rings. The van der Waals surface area contributed by atoms with Crippen molar-refractivity contribution in [1.82, 2.24) is 9.62 Å². The van der Waals surface area contributed by atoms with E-state index in [2.05, 4.69) is 16.5 Å². The Balaban J connectivity index is 1.54. The van der Waals surface area contributed by atoms with Crippen molar-refractivity contribution in [2.45, 2.75) is 32.6 Å². The fraction of sp³-hybridized carbons (Fsp3) is 0.458. The van der Waals surface area contributed by atoms with Crippen LogP contribution in [0.2, 0.25) is 5.02 Å². The van der Waals surface area contributed by atoms with Gasteiger partial charge in [-0.1, -0.05) is 31.5 Å². The van der Waals surface area contributed by atoms with E-state index >= 15 is 0 Å². The highest BCUT2D eigenvalue weighted by atomic mass is 35.5. The van der Waals surface area contributed by atoms with Crippen LogP contribution in [-0.2, 0) is 14.8 Å². The van der Waals surface area contributed by atoms with Crippen LogP contribution in [0.15, 0.2) is 41.3 Å². The molecule has 0 radical (unpaired) electrons. The van der Waals surface area contributed by atoms with Gasteiger partial charge < -0.3 is 14.5 Å². The first kappa shape index (κ1) is 25.3. The van der Waals surface area contributed by atoms with Crippen molar-refractivity contribution in [1.29, 1.82) is 0 Å². The molecule has 0 unspecified atom stereocenters. The van der Waals surface area contributed by atoms with Crippen LogP contribution in [0.25, 0.3) is 0 Å². The van der Waals surface area contributed by atoms with E-state index in [4.69, 9.17) is 16.3 Å². The Morgan fingerprint density at radius 3 is 2.39 bits per heavy atom. The fourth-order valence-electron chi connectivity index (χ4n) is 3.66. The number of amides is 1. The lowest BCUT2D eigenvalue weighted by Crippen LogP contribution is -2.50. The number of nitrogens with one attached hydrogen (secondary N) is 1. The zero-order valence-corrected chi connectivity index (χ0v) is 21.2. The lowest BCUT2D eigenvalue weighted by atomic mass is 10.1. The molecule has 2 aromatic carbocycles. The Hall–Kier alpha value is -2.29. The molecule has 0 spiro atoms. The first-order valence-corrected chi connectivity index (χ1v) is 12.9. The van der Waals surface area contributed by atoms with Gasteiger partial charge in [-0.15, -0.1) is 0 Å². The molecule has 1 amide bonds. The third-order valence-electron chi connectivity index (χ3n) is 5.63. The Morgan fingerprint density at radius 1 is 1.06 bits per heavy atom. The van der Waals surface area contributed by atoms with E-state index in [1.54, 1.807) is 24.0 Å². The number of hydrogen-bond acceptors (Lipinski definition) is 5. The molecule has 0 saturated carbocycles. The lowest BCUT2D eigenvalue weighted by Gasteiger charge is -2.36. The molecule has 0 bridgehead atoms. The SMILES string of the molecule is Cc1cc(S(=O)(=O)NCC(C)C)ccc1OCC(=O)N1CCN(c2cc(Cl)ccc2C)CC1. The topological polar surface area (TPSA) is 78.9 Å². The van der Waals surface area contributed by atoms with Gasteiger partial charge in [-0.2, -0.15) is 0 Å². The van der Waals surface area contributed by atoms with E-state index in [0.29, 0.717) is 36.0 Å². The fourth-order valence-corrected chi connectivity index (χ4v) is 5.13. The molecule has 180 valence electrons. The van der Waals surface area contributed by atoms with Crippen molar-refractivity contribution in [3.63, 3.8) is 0 Å². The summed E-state index contributed by atoms with van der Waals surface area (Å²) in [6, 6.07) is 10.5. The van der Waals surface area contributed by atoms with Crippen molar-refractivity contribution in [3.8, 4) is 5.75 Å². The summed E-state index contributed by atoms with van der Waals surface area (Å²) in [6.07, 6.45) is 0. The summed E-state index contributed by atoms with van der Waals surface area (Å²) in [5, 5.41) is 0.701. The maximum Gasteiger partial charge on any atom is 0.260 e. The summed E-state index contributed by atoms with van der Waals surface area (Å²) in [4.78, 5) is 16.9. The predicted molar refractivity (Wildman–Crippen MR) is 132 cm³/mol. The van der Waals surface area contributed by atoms with Gasteiger partial charge in [0, 0.05) is 43.4 Å². The number of aryl methyl sites for hydroxylation is 2. The lowest BCUT2D eigenvalue weighted by molar-refractivity contribution is -0.133. The third kappa shape index (κ3) is 6.62. The molecule has 7 nitrogen and oxygen atoms in total. The van der Waals surface area contributed by atoms with Crippen LogP contribution >= 0.6 is 11.6 Å². The maximum absolute atomic E-state index is 12.7. The summed E-state index contributed by atoms with van der Waals surface area (Å²) in [5.41, 5.74) is 2.92. The zero-order valence-electron chi connectivity index (χ0n) is 19.6. The van der Waals surface area contributed by atoms with E-state index in [-0.39, 0.29) is 23.3 Å². The number of rotatable bonds is 8. The third-order valence-corrected chi connectivity index (χ3v) is 7.29. The maximum atomic E-state index is 12.7. The average Bonchev–Trinajstić information content (AvgIpc) is 2.78. The number of hydrogen-bond donors (Lipinski definition) is 1. The minimum Gasteiger partial charge on any atom is -0.483 e. The second kappa shape index (κ2) is 10.8. The molecule has 1 N–H and O–H groups in total. The Bertz CT molecular complexity index is 1100. The molecule has 1 aliphatic heterocycles. The molecule has 1 heterocycles. The monoisotopic (exact) mass is 493 g/mol. The van der Waals surface area contributed by atoms with Crippen LogP contribution in [0.5, 0.6) is 5.75 Å². The molecule has 0 atom stereocenters. The van der Waals surface area contributed by atoms with Gasteiger partial charge in [-0.05, 0) is 61.2 Å². The highest BCUT2D eigenvalue weighted by molar-refractivity contribution is 7.89. The van der Waals surface area contributed by atoms with Crippen molar-refractivity contribution >= 4 is 33.2 Å². The van der Waals surface area contributed by atoms with Gasteiger partial charge in [-0.3, -0.25) is 4.79 Å². The number of halogens is 1. The Morgan fingerprint density at radius 2 is 1.76 bits per heavy atom. The molecule has 33 heavy (non-hydrogen) atoms. The first-order valence-electron chi connectivity index (χ1n) is 11.1. The molecular formula is C24H32ClN3O4S. The summed E-state index contributed by atoms with van der Waals surface area (Å²) < 4.78 is 33.2. The number of ether oxygens (including phenoxy) is 1. The second-order valence-electron chi connectivity index (χ2n) is 8.76. The summed E-state index contributed by atoms with van der Waals surface area (Å²) in [7, 11) is -3.57. The van der Waals surface area contributed by atoms with Gasteiger partial charge in [0.25, 0.3) is 5.91 Å². The van der Waals surface area contributed by atoms with Gasteiger partial charge in [0.1, 0.15) is 5.75 Å². The smallest absolute Gasteiger partial charge is 0.260 e. The van der Waals surface area contributed by atoms with Gasteiger partial charge in [0.05, 0.1) is 4.90 Å². The van der Waals surface area contributed by atoms with Crippen LogP contribution in [-0.4, -0.2) is 58.6 Å². The Kier molecular flexibility index (Phi) is 8.26. The number of nitrogens with zero attached hydrogens (tertiary/aromatic N) is 2. The van der Waals surface area contributed by atoms with Gasteiger partial charge in [0.2, 0.25) is 10.0 Å². The number of carbonyl (C=O) groups excluding carboxylic acids is 1. The first-order chi connectivity index (χ1) is 15.6. The molecule has 1 saturated heterocycles. The number of piperazine rings is 1. The molecule has 9 heteroatoms. The van der Waals surface area contributed by atoms with E-state index < -0.39 is 10.0 Å². The predicted octanol–water partition coefficient (Wildman–Crippen LogP) is 3.62. The average molecular weight is 494 g/mol. The molecule has 0 aliphatic carbocycles. The van der Waals surface area contributed by atoms with E-state index in [1.807, 2.05) is 32.0 Å². The van der Waals surface area contributed by atoms with Crippen molar-refractivity contribution in [2.75, 3.05) is 44.2 Å². The number of sulfonamides is 1. The number of benzene rings is 2. The standard InChI is InChI=1S/C24H32ClN3O4S/c1-17(2)15-26-33(30,31)21-7-8-23(19(4)13-21)32-16-24(29)28-11-9-27(10-12-28)22-14-20(25)6-5-18(22)3/h5-8,13-14,17,26H,9-12,15-16H2,1-4H3. The van der Waals surface area contributed by atoms with E-state index in [9.17, 15) is 13.2 Å². The normalized spacial score (nSPS) is 14.6. The van der Waals surface area contributed by atoms with Crippen molar-refractivity contribution in [2.24, 2.45) is 5.92 Å². The zero-order chi connectivity index (χ0) is 24.2. The molecule has 2 aromatic rings. The highest BCUT2D eigenvalue weighted by Gasteiger charge is 2.23. The molecule has 3 rings (SSSR count). The number of anilines is 1. The van der Waals surface area contributed by atoms with Gasteiger partial charge in [0.15, 0.2) is 6.61 Å². The van der Waals surface area contributed by atoms with Crippen LogP contribution in [0.4, 0.5) is 5.69 Å². The van der Waals surface area contributed by atoms with Crippen molar-refractivity contribution < 1.29 is 17.9 Å². The van der Waals surface area contributed by atoms with Crippen molar-refractivity contribution in [3.05, 3.63) is 52.5 Å². The van der Waals surface area contributed by atoms with Gasteiger partial charge >= 0.3 is 0 Å². The summed E-state index contributed by atoms with van der Waals surface area (Å²) in [6.45, 7) is 10.7. The van der Waals surface area contributed by atoms with Crippen LogP contribution in [0.3, 0.4) is 0 Å². The molecule has 0 aromatic heterocycles. The van der Waals surface area contributed by atoms with E-state index in [1.165, 1.54) is 6.07 Å².